The van der Waals surface area contributed by atoms with Crippen LogP contribution in [-0.2, 0) is 0 Å². The molecule has 0 radical (unpaired) electrons. The summed E-state index contributed by atoms with van der Waals surface area (Å²) in [6, 6.07) is 12.6. The molecule has 0 unspecified atom stereocenters. The smallest absolute Gasteiger partial charge is 0.181 e. The van der Waals surface area contributed by atoms with Gasteiger partial charge in [0.25, 0.3) is 0 Å². The monoisotopic (exact) mass is 488 g/mol. The number of hydrogen-bond donors (Lipinski definition) is 3. The van der Waals surface area contributed by atoms with Gasteiger partial charge in [-0.3, -0.25) is 10.1 Å². The van der Waals surface area contributed by atoms with E-state index in [1.165, 1.54) is 0 Å². The molecule has 0 saturated heterocycles. The molecule has 8 nitrogen and oxygen atoms in total. The first-order chi connectivity index (χ1) is 18.1. The first-order valence-corrected chi connectivity index (χ1v) is 12.5. The summed E-state index contributed by atoms with van der Waals surface area (Å²) < 4.78 is 2.05. The van der Waals surface area contributed by atoms with Gasteiger partial charge < -0.3 is 14.9 Å². The number of rotatable bonds is 8. The fourth-order valence-corrected chi connectivity index (χ4v) is 4.64. The molecule has 0 saturated carbocycles. The average Bonchev–Trinajstić information content (AvgIpc) is 3.64. The Hall–Kier alpha value is -4.72. The summed E-state index contributed by atoms with van der Waals surface area (Å²) in [6.45, 7) is 8.31. The van der Waals surface area contributed by atoms with Crippen LogP contribution in [0.4, 0.5) is 5.69 Å². The van der Waals surface area contributed by atoms with Crippen molar-refractivity contribution in [2.24, 2.45) is 0 Å². The number of nitrogens with one attached hydrogen (secondary N) is 3. The number of hydrogen-bond acceptors (Lipinski definition) is 5. The highest BCUT2D eigenvalue weighted by atomic mass is 15.2. The lowest BCUT2D eigenvalue weighted by atomic mass is 10.1. The van der Waals surface area contributed by atoms with Gasteiger partial charge in [0, 0.05) is 51.7 Å². The Balaban J connectivity index is 1.37. The summed E-state index contributed by atoms with van der Waals surface area (Å²) in [7, 11) is 0. The topological polar surface area (TPSA) is 100 Å². The molecule has 0 atom stereocenters. The van der Waals surface area contributed by atoms with Gasteiger partial charge in [-0.15, -0.1) is 0 Å². The number of benzene rings is 1. The molecule has 1 aromatic carbocycles. The highest BCUT2D eigenvalue weighted by molar-refractivity contribution is 5.98. The number of aryl methyl sites for hydroxylation is 1. The fourth-order valence-electron chi connectivity index (χ4n) is 4.64. The summed E-state index contributed by atoms with van der Waals surface area (Å²) in [4.78, 5) is 17.0. The molecule has 5 aromatic heterocycles. The van der Waals surface area contributed by atoms with E-state index in [-0.39, 0.29) is 0 Å². The molecule has 3 N–H and O–H groups in total. The van der Waals surface area contributed by atoms with E-state index in [1.54, 1.807) is 0 Å². The van der Waals surface area contributed by atoms with Crippen molar-refractivity contribution >= 4 is 27.6 Å². The first kappa shape index (κ1) is 22.7. The third-order valence-corrected chi connectivity index (χ3v) is 6.53. The van der Waals surface area contributed by atoms with Crippen LogP contribution in [0.3, 0.4) is 0 Å². The first-order valence-electron chi connectivity index (χ1n) is 12.5. The van der Waals surface area contributed by atoms with Crippen molar-refractivity contribution in [1.29, 1.82) is 0 Å². The van der Waals surface area contributed by atoms with Crippen LogP contribution < -0.4 is 5.32 Å². The minimum atomic E-state index is 0.665. The van der Waals surface area contributed by atoms with E-state index in [4.69, 9.17) is 0 Å². The van der Waals surface area contributed by atoms with E-state index in [2.05, 4.69) is 79.3 Å². The maximum atomic E-state index is 4.62. The van der Waals surface area contributed by atoms with Gasteiger partial charge in [0.05, 0.1) is 41.0 Å². The Labute approximate surface area is 214 Å². The number of aromatic nitrogens is 7. The Morgan fingerprint density at radius 3 is 2.78 bits per heavy atom. The molecule has 0 aliphatic carbocycles. The SMILES string of the molecule is C=C(CCCC)Nc1cncc(-c2cnc3n[nH]c(-c4cc5c(-n6cnc(C)c6)cccc5[nH]4)c3c2)c1. The van der Waals surface area contributed by atoms with Gasteiger partial charge in [0.2, 0.25) is 0 Å². The summed E-state index contributed by atoms with van der Waals surface area (Å²) in [5.74, 6) is 0. The molecular weight excluding hydrogens is 460 g/mol. The molecule has 0 aliphatic heterocycles. The minimum absolute atomic E-state index is 0.665. The lowest BCUT2D eigenvalue weighted by Crippen LogP contribution is -1.98. The van der Waals surface area contributed by atoms with Gasteiger partial charge in [0.15, 0.2) is 5.65 Å². The van der Waals surface area contributed by atoms with Gasteiger partial charge in [-0.25, -0.2) is 9.97 Å². The Morgan fingerprint density at radius 2 is 1.95 bits per heavy atom. The number of fused-ring (bicyclic) bond motifs is 2. The van der Waals surface area contributed by atoms with Crippen molar-refractivity contribution in [3.05, 3.63) is 85.5 Å². The van der Waals surface area contributed by atoms with Gasteiger partial charge in [-0.05, 0) is 50.1 Å². The maximum Gasteiger partial charge on any atom is 0.181 e. The second-order valence-corrected chi connectivity index (χ2v) is 9.33. The molecule has 0 spiro atoms. The van der Waals surface area contributed by atoms with Crippen LogP contribution in [-0.4, -0.2) is 34.7 Å². The zero-order chi connectivity index (χ0) is 25.4. The maximum absolute atomic E-state index is 4.62. The highest BCUT2D eigenvalue weighted by Gasteiger charge is 2.15. The van der Waals surface area contributed by atoms with Crippen molar-refractivity contribution in [2.75, 3.05) is 5.32 Å². The summed E-state index contributed by atoms with van der Waals surface area (Å²) in [5, 5.41) is 13.1. The predicted octanol–water partition coefficient (Wildman–Crippen LogP) is 6.78. The molecule has 37 heavy (non-hydrogen) atoms. The van der Waals surface area contributed by atoms with E-state index in [9.17, 15) is 0 Å². The van der Waals surface area contributed by atoms with E-state index in [0.29, 0.717) is 5.65 Å². The molecule has 0 aliphatic rings. The summed E-state index contributed by atoms with van der Waals surface area (Å²) >= 11 is 0. The molecule has 6 aromatic rings. The number of anilines is 1. The van der Waals surface area contributed by atoms with Gasteiger partial charge in [-0.1, -0.05) is 26.0 Å². The molecule has 6 rings (SSSR count). The largest absolute Gasteiger partial charge is 0.358 e. The molecule has 8 heteroatoms. The van der Waals surface area contributed by atoms with Crippen LogP contribution in [0.25, 0.3) is 50.1 Å². The van der Waals surface area contributed by atoms with Crippen molar-refractivity contribution in [3.8, 4) is 28.2 Å². The van der Waals surface area contributed by atoms with E-state index >= 15 is 0 Å². The van der Waals surface area contributed by atoms with Crippen LogP contribution in [0, 0.1) is 6.92 Å². The van der Waals surface area contributed by atoms with Crippen LogP contribution in [0.5, 0.6) is 0 Å². The van der Waals surface area contributed by atoms with Crippen molar-refractivity contribution < 1.29 is 0 Å². The standard InChI is InChI=1S/C29H28N8/c1-4-5-7-18(2)33-22-10-20(13-30-15-22)21-11-24-28(35-36-29(24)31-14-21)26-12-23-25(34-26)8-6-9-27(23)37-16-19(3)32-17-37/h6,8-17,33-34H,2,4-5,7H2,1,3H3,(H,31,35,36). The number of H-pyrrole nitrogens is 2. The number of aromatic amines is 2. The zero-order valence-electron chi connectivity index (χ0n) is 20.9. The van der Waals surface area contributed by atoms with Crippen LogP contribution in [0.1, 0.15) is 31.9 Å². The molecular formula is C29H28N8. The molecule has 0 bridgehead atoms. The average molecular weight is 489 g/mol. The van der Waals surface area contributed by atoms with Crippen LogP contribution in [0.2, 0.25) is 0 Å². The Kier molecular flexibility index (Phi) is 5.76. The number of unbranched alkanes of at least 4 members (excludes halogenated alkanes) is 1. The third-order valence-electron chi connectivity index (χ3n) is 6.53. The van der Waals surface area contributed by atoms with Crippen LogP contribution >= 0.6 is 0 Å². The van der Waals surface area contributed by atoms with Gasteiger partial charge in [-0.2, -0.15) is 5.10 Å². The Morgan fingerprint density at radius 1 is 1.05 bits per heavy atom. The van der Waals surface area contributed by atoms with E-state index < -0.39 is 0 Å². The second kappa shape index (κ2) is 9.39. The Bertz CT molecular complexity index is 1740. The fraction of sp³-hybridized carbons (Fsp3) is 0.172. The zero-order valence-corrected chi connectivity index (χ0v) is 20.9. The second-order valence-electron chi connectivity index (χ2n) is 9.33. The number of allylic oxidation sites excluding steroid dienone is 1. The number of pyridine rings is 2. The quantitative estimate of drug-likeness (QED) is 0.219. The minimum Gasteiger partial charge on any atom is -0.358 e. The lowest BCUT2D eigenvalue weighted by molar-refractivity contribution is 0.791. The van der Waals surface area contributed by atoms with Gasteiger partial charge >= 0.3 is 0 Å². The molecule has 0 amide bonds. The van der Waals surface area contributed by atoms with Crippen molar-refractivity contribution in [2.45, 2.75) is 33.1 Å². The highest BCUT2D eigenvalue weighted by Crippen LogP contribution is 2.33. The normalized spacial score (nSPS) is 11.4. The summed E-state index contributed by atoms with van der Waals surface area (Å²) in [5.41, 5.74) is 9.45. The predicted molar refractivity (Wildman–Crippen MR) is 149 cm³/mol. The van der Waals surface area contributed by atoms with Gasteiger partial charge in [0.1, 0.15) is 0 Å². The van der Waals surface area contributed by atoms with E-state index in [0.717, 1.165) is 80.8 Å². The summed E-state index contributed by atoms with van der Waals surface area (Å²) in [6.07, 6.45) is 12.6. The lowest BCUT2D eigenvalue weighted by Gasteiger charge is -2.10. The van der Waals surface area contributed by atoms with E-state index in [1.807, 2.05) is 48.7 Å². The third kappa shape index (κ3) is 4.38. The van der Waals surface area contributed by atoms with Crippen molar-refractivity contribution in [1.82, 2.24) is 34.7 Å². The molecule has 184 valence electrons. The number of nitrogens with zero attached hydrogens (tertiary/aromatic N) is 5. The number of imidazole rings is 1. The van der Waals surface area contributed by atoms with Crippen molar-refractivity contribution in [3.63, 3.8) is 0 Å². The molecule has 0 fully saturated rings. The van der Waals surface area contributed by atoms with Crippen LogP contribution in [0.15, 0.2) is 79.8 Å². The molecule has 5 heterocycles.